The van der Waals surface area contributed by atoms with E-state index in [-0.39, 0.29) is 18.6 Å². The van der Waals surface area contributed by atoms with Gasteiger partial charge in [-0.05, 0) is 31.4 Å². The van der Waals surface area contributed by atoms with Gasteiger partial charge in [-0.25, -0.2) is 4.98 Å². The maximum atomic E-state index is 12.8. The highest BCUT2D eigenvalue weighted by molar-refractivity contribution is 5.98. The Bertz CT molecular complexity index is 459. The number of aliphatic hydroxyl groups excluding tert-OH is 1. The van der Waals surface area contributed by atoms with Crippen LogP contribution in [0.5, 0.6) is 0 Å². The van der Waals surface area contributed by atoms with Crippen LogP contribution < -0.4 is 5.32 Å². The molecule has 1 aromatic rings. The van der Waals surface area contributed by atoms with E-state index in [0.29, 0.717) is 17.9 Å². The number of rotatable bonds is 7. The lowest BCUT2D eigenvalue weighted by Gasteiger charge is -2.29. The van der Waals surface area contributed by atoms with E-state index in [1.165, 1.54) is 0 Å². The predicted molar refractivity (Wildman–Crippen MR) is 83.4 cm³/mol. The van der Waals surface area contributed by atoms with E-state index in [4.69, 9.17) is 0 Å². The van der Waals surface area contributed by atoms with E-state index in [1.54, 1.807) is 12.3 Å². The fourth-order valence-electron chi connectivity index (χ4n) is 2.89. The summed E-state index contributed by atoms with van der Waals surface area (Å²) in [5, 5.41) is 12.5. The van der Waals surface area contributed by atoms with Gasteiger partial charge in [-0.3, -0.25) is 4.79 Å². The van der Waals surface area contributed by atoms with Gasteiger partial charge in [0.2, 0.25) is 0 Å². The van der Waals surface area contributed by atoms with Gasteiger partial charge in [0, 0.05) is 25.3 Å². The maximum absolute atomic E-state index is 12.8. The molecule has 2 rings (SSSR count). The molecule has 5 heteroatoms. The number of carbonyl (C=O) groups is 1. The van der Waals surface area contributed by atoms with Crippen LogP contribution in [-0.2, 0) is 0 Å². The number of nitrogens with one attached hydrogen (secondary N) is 1. The van der Waals surface area contributed by atoms with Gasteiger partial charge in [-0.2, -0.15) is 0 Å². The van der Waals surface area contributed by atoms with Crippen molar-refractivity contribution >= 4 is 11.7 Å². The molecule has 1 saturated carbocycles. The zero-order valence-corrected chi connectivity index (χ0v) is 12.7. The Balaban J connectivity index is 2.19. The maximum Gasteiger partial charge on any atom is 0.257 e. The van der Waals surface area contributed by atoms with Gasteiger partial charge < -0.3 is 15.3 Å². The predicted octanol–water partition coefficient (Wildman–Crippen LogP) is 2.28. The Hall–Kier alpha value is -1.62. The van der Waals surface area contributed by atoms with Gasteiger partial charge in [-0.1, -0.05) is 19.8 Å². The van der Waals surface area contributed by atoms with Crippen LogP contribution in [0, 0.1) is 0 Å². The summed E-state index contributed by atoms with van der Waals surface area (Å²) in [7, 11) is 0. The summed E-state index contributed by atoms with van der Waals surface area (Å²) in [5.41, 5.74) is 0.603. The highest BCUT2D eigenvalue weighted by Crippen LogP contribution is 2.26. The van der Waals surface area contributed by atoms with E-state index >= 15 is 0 Å². The van der Waals surface area contributed by atoms with Crippen molar-refractivity contribution in [2.75, 3.05) is 25.0 Å². The van der Waals surface area contributed by atoms with Gasteiger partial charge in [0.1, 0.15) is 5.82 Å². The summed E-state index contributed by atoms with van der Waals surface area (Å²) in [6, 6.07) is 3.85. The second-order valence-electron chi connectivity index (χ2n) is 5.49. The monoisotopic (exact) mass is 291 g/mol. The molecule has 116 valence electrons. The molecule has 0 atom stereocenters. The number of carbonyl (C=O) groups excluding carboxylic acids is 1. The first-order chi connectivity index (χ1) is 10.3. The van der Waals surface area contributed by atoms with Gasteiger partial charge in [0.05, 0.1) is 12.2 Å². The van der Waals surface area contributed by atoms with E-state index in [9.17, 15) is 9.90 Å². The van der Waals surface area contributed by atoms with E-state index in [2.05, 4.69) is 17.2 Å². The van der Waals surface area contributed by atoms with Gasteiger partial charge in [0.25, 0.3) is 5.91 Å². The lowest BCUT2D eigenvalue weighted by molar-refractivity contribution is 0.0638. The summed E-state index contributed by atoms with van der Waals surface area (Å²) in [6.07, 6.45) is 7.06. The van der Waals surface area contributed by atoms with Gasteiger partial charge in [-0.15, -0.1) is 0 Å². The Morgan fingerprint density at radius 3 is 2.90 bits per heavy atom. The Labute approximate surface area is 126 Å². The normalized spacial score (nSPS) is 15.1. The Kier molecular flexibility index (Phi) is 5.99. The Morgan fingerprint density at radius 1 is 1.48 bits per heavy atom. The van der Waals surface area contributed by atoms with Crippen molar-refractivity contribution in [1.29, 1.82) is 0 Å². The number of nitrogens with zero attached hydrogens (tertiary/aromatic N) is 2. The van der Waals surface area contributed by atoms with E-state index < -0.39 is 0 Å². The van der Waals surface area contributed by atoms with Crippen LogP contribution in [0.1, 0.15) is 49.4 Å². The minimum atomic E-state index is -0.0253. The largest absolute Gasteiger partial charge is 0.395 e. The average Bonchev–Trinajstić information content (AvgIpc) is 3.04. The first-order valence-corrected chi connectivity index (χ1v) is 7.88. The molecule has 1 aliphatic carbocycles. The molecule has 1 heterocycles. The van der Waals surface area contributed by atoms with Crippen molar-refractivity contribution in [2.24, 2.45) is 0 Å². The number of hydrogen-bond acceptors (Lipinski definition) is 4. The third kappa shape index (κ3) is 3.94. The first-order valence-electron chi connectivity index (χ1n) is 7.88. The van der Waals surface area contributed by atoms with E-state index in [1.807, 2.05) is 11.0 Å². The molecule has 1 aliphatic rings. The molecule has 0 radical (unpaired) electrons. The second-order valence-corrected chi connectivity index (χ2v) is 5.49. The fourth-order valence-corrected chi connectivity index (χ4v) is 2.89. The van der Waals surface area contributed by atoms with Crippen LogP contribution in [0.15, 0.2) is 18.3 Å². The molecule has 21 heavy (non-hydrogen) atoms. The van der Waals surface area contributed by atoms with Crippen molar-refractivity contribution in [3.8, 4) is 0 Å². The number of aromatic nitrogens is 1. The van der Waals surface area contributed by atoms with Crippen LogP contribution in [0.25, 0.3) is 0 Å². The lowest BCUT2D eigenvalue weighted by atomic mass is 10.1. The molecular formula is C16H25N3O2. The highest BCUT2D eigenvalue weighted by Gasteiger charge is 2.28. The van der Waals surface area contributed by atoms with E-state index in [0.717, 1.165) is 38.6 Å². The van der Waals surface area contributed by atoms with Gasteiger partial charge >= 0.3 is 0 Å². The molecule has 5 nitrogen and oxygen atoms in total. The first kappa shape index (κ1) is 15.8. The van der Waals surface area contributed by atoms with Crippen molar-refractivity contribution in [3.63, 3.8) is 0 Å². The molecule has 0 aromatic carbocycles. The number of hydrogen-bond donors (Lipinski definition) is 2. The van der Waals surface area contributed by atoms with Crippen molar-refractivity contribution in [3.05, 3.63) is 23.9 Å². The minimum absolute atomic E-state index is 0.000222. The summed E-state index contributed by atoms with van der Waals surface area (Å²) >= 11 is 0. The molecular weight excluding hydrogens is 266 g/mol. The van der Waals surface area contributed by atoms with Crippen LogP contribution in [0.3, 0.4) is 0 Å². The van der Waals surface area contributed by atoms with Crippen LogP contribution in [0.2, 0.25) is 0 Å². The zero-order chi connectivity index (χ0) is 15.1. The number of anilines is 1. The van der Waals surface area contributed by atoms with Crippen LogP contribution in [0.4, 0.5) is 5.82 Å². The number of amides is 1. The summed E-state index contributed by atoms with van der Waals surface area (Å²) in [4.78, 5) is 18.9. The molecule has 0 saturated heterocycles. The van der Waals surface area contributed by atoms with Crippen LogP contribution >= 0.6 is 0 Å². The van der Waals surface area contributed by atoms with Gasteiger partial charge in [0.15, 0.2) is 0 Å². The molecule has 2 N–H and O–H groups in total. The summed E-state index contributed by atoms with van der Waals surface area (Å²) in [5.74, 6) is 0.618. The number of pyridine rings is 1. The van der Waals surface area contributed by atoms with Crippen molar-refractivity contribution in [2.45, 2.75) is 45.1 Å². The molecule has 1 amide bonds. The topological polar surface area (TPSA) is 65.5 Å². The molecule has 0 unspecified atom stereocenters. The quantitative estimate of drug-likeness (QED) is 0.809. The standard InChI is InChI=1S/C16H25N3O2/c1-2-9-17-15-14(8-5-10-18-15)16(21)19(11-12-20)13-6-3-4-7-13/h5,8,10,13,20H,2-4,6-7,9,11-12H2,1H3,(H,17,18). The molecule has 1 aromatic heterocycles. The molecule has 1 fully saturated rings. The smallest absolute Gasteiger partial charge is 0.257 e. The second kappa shape index (κ2) is 7.98. The highest BCUT2D eigenvalue weighted by atomic mass is 16.3. The fraction of sp³-hybridized carbons (Fsp3) is 0.625. The SMILES string of the molecule is CCCNc1ncccc1C(=O)N(CCO)C1CCCC1. The molecule has 0 spiro atoms. The third-order valence-electron chi connectivity index (χ3n) is 3.95. The minimum Gasteiger partial charge on any atom is -0.395 e. The Morgan fingerprint density at radius 2 is 2.24 bits per heavy atom. The average molecular weight is 291 g/mol. The van der Waals surface area contributed by atoms with Crippen molar-refractivity contribution < 1.29 is 9.90 Å². The summed E-state index contributed by atoms with van der Waals surface area (Å²) < 4.78 is 0. The lowest BCUT2D eigenvalue weighted by Crippen LogP contribution is -2.41. The van der Waals surface area contributed by atoms with Crippen molar-refractivity contribution in [1.82, 2.24) is 9.88 Å². The number of aliphatic hydroxyl groups is 1. The molecule has 0 bridgehead atoms. The zero-order valence-electron chi connectivity index (χ0n) is 12.7. The summed E-state index contributed by atoms with van der Waals surface area (Å²) in [6.45, 7) is 3.26. The third-order valence-corrected chi connectivity index (χ3v) is 3.95. The molecule has 0 aliphatic heterocycles. The van der Waals surface area contributed by atoms with Crippen LogP contribution in [-0.4, -0.2) is 46.6 Å².